The molecule has 5 heteroatoms. The molecule has 1 saturated heterocycles. The van der Waals surface area contributed by atoms with Gasteiger partial charge in [0.1, 0.15) is 0 Å². The first kappa shape index (κ1) is 16.9. The molecule has 2 heterocycles. The predicted molar refractivity (Wildman–Crippen MR) is 106 cm³/mol. The summed E-state index contributed by atoms with van der Waals surface area (Å²) >= 11 is 1.63. The Morgan fingerprint density at radius 3 is 2.42 bits per heavy atom. The summed E-state index contributed by atoms with van der Waals surface area (Å²) in [6.45, 7) is 3.35. The van der Waals surface area contributed by atoms with Crippen LogP contribution < -0.4 is 9.88 Å². The van der Waals surface area contributed by atoms with E-state index in [1.807, 2.05) is 29.4 Å². The van der Waals surface area contributed by atoms with Gasteiger partial charge in [0, 0.05) is 48.9 Å². The minimum Gasteiger partial charge on any atom is -0.368 e. The second kappa shape index (κ2) is 7.79. The standard InChI is InChI=1S/C21H21N3OS/c25-21(16-26-20-6-5-17-3-1-2-4-18(17)15-20)24-13-11-23(12-14-24)19-7-9-22-10-8-19/h1-10,15H,11-14,16H2/p+1. The van der Waals surface area contributed by atoms with Gasteiger partial charge in [-0.3, -0.25) is 4.79 Å². The maximum Gasteiger partial charge on any atom is 0.233 e. The number of aromatic amines is 1. The van der Waals surface area contributed by atoms with Gasteiger partial charge in [0.2, 0.25) is 5.91 Å². The number of hydrogen-bond donors (Lipinski definition) is 0. The zero-order valence-electron chi connectivity index (χ0n) is 14.6. The van der Waals surface area contributed by atoms with E-state index in [1.165, 1.54) is 16.5 Å². The zero-order valence-corrected chi connectivity index (χ0v) is 15.4. The lowest BCUT2D eigenvalue weighted by atomic mass is 10.1. The molecule has 3 aromatic rings. The number of nitrogens with one attached hydrogen (secondary N) is 1. The predicted octanol–water partition coefficient (Wildman–Crippen LogP) is 3.09. The number of benzene rings is 2. The summed E-state index contributed by atoms with van der Waals surface area (Å²) in [6.07, 6.45) is 3.88. The Balaban J connectivity index is 1.31. The number of pyridine rings is 1. The van der Waals surface area contributed by atoms with Crippen molar-refractivity contribution in [2.75, 3.05) is 36.8 Å². The Labute approximate surface area is 157 Å². The van der Waals surface area contributed by atoms with Gasteiger partial charge in [0.15, 0.2) is 12.4 Å². The lowest BCUT2D eigenvalue weighted by Gasteiger charge is -2.35. The largest absolute Gasteiger partial charge is 0.368 e. The van der Waals surface area contributed by atoms with Gasteiger partial charge in [-0.15, -0.1) is 11.8 Å². The SMILES string of the molecule is O=C(CSc1ccc2ccccc2c1)N1CCN(c2cc[nH+]cc2)CC1. The van der Waals surface area contributed by atoms with Crippen LogP contribution in [-0.2, 0) is 4.79 Å². The molecule has 0 bridgehead atoms. The van der Waals surface area contributed by atoms with Crippen LogP contribution in [0.15, 0.2) is 71.9 Å². The highest BCUT2D eigenvalue weighted by atomic mass is 32.2. The van der Waals surface area contributed by atoms with Gasteiger partial charge in [-0.1, -0.05) is 30.3 Å². The number of rotatable bonds is 4. The van der Waals surface area contributed by atoms with E-state index in [9.17, 15) is 4.79 Å². The number of nitrogens with zero attached hydrogens (tertiary/aromatic N) is 2. The number of amides is 1. The van der Waals surface area contributed by atoms with Gasteiger partial charge in [0.05, 0.1) is 5.75 Å². The molecule has 2 aromatic carbocycles. The maximum absolute atomic E-state index is 12.6. The van der Waals surface area contributed by atoms with Crippen LogP contribution in [0.2, 0.25) is 0 Å². The number of hydrogen-bond acceptors (Lipinski definition) is 3. The summed E-state index contributed by atoms with van der Waals surface area (Å²) < 4.78 is 0. The van der Waals surface area contributed by atoms with E-state index in [4.69, 9.17) is 0 Å². The van der Waals surface area contributed by atoms with Crippen LogP contribution in [0.1, 0.15) is 0 Å². The molecule has 1 aromatic heterocycles. The number of piperazine rings is 1. The molecule has 1 aliphatic rings. The third kappa shape index (κ3) is 3.83. The molecule has 1 fully saturated rings. The zero-order chi connectivity index (χ0) is 17.8. The number of carbonyl (C=O) groups excluding carboxylic acids is 1. The number of thioether (sulfide) groups is 1. The fraction of sp³-hybridized carbons (Fsp3) is 0.238. The minimum atomic E-state index is 0.226. The van der Waals surface area contributed by atoms with Crippen LogP contribution >= 0.6 is 11.8 Å². The van der Waals surface area contributed by atoms with Crippen molar-refractivity contribution in [3.05, 3.63) is 67.0 Å². The summed E-state index contributed by atoms with van der Waals surface area (Å²) in [5, 5.41) is 2.46. The number of carbonyl (C=O) groups is 1. The van der Waals surface area contributed by atoms with Crippen molar-refractivity contribution < 1.29 is 9.78 Å². The van der Waals surface area contributed by atoms with E-state index in [0.717, 1.165) is 31.1 Å². The van der Waals surface area contributed by atoms with Crippen LogP contribution in [0.25, 0.3) is 10.8 Å². The molecule has 0 atom stereocenters. The molecule has 0 aliphatic carbocycles. The monoisotopic (exact) mass is 364 g/mol. The second-order valence-electron chi connectivity index (χ2n) is 6.42. The average molecular weight is 364 g/mol. The molecule has 4 nitrogen and oxygen atoms in total. The molecule has 0 radical (unpaired) electrons. The highest BCUT2D eigenvalue weighted by Crippen LogP contribution is 2.24. The van der Waals surface area contributed by atoms with E-state index in [-0.39, 0.29) is 5.91 Å². The van der Waals surface area contributed by atoms with Crippen molar-refractivity contribution in [1.29, 1.82) is 0 Å². The molecule has 0 unspecified atom stereocenters. The van der Waals surface area contributed by atoms with Crippen molar-refractivity contribution in [1.82, 2.24) is 4.90 Å². The highest BCUT2D eigenvalue weighted by Gasteiger charge is 2.21. The first-order chi connectivity index (χ1) is 12.8. The quantitative estimate of drug-likeness (QED) is 0.668. The highest BCUT2D eigenvalue weighted by molar-refractivity contribution is 8.00. The number of fused-ring (bicyclic) bond motifs is 1. The van der Waals surface area contributed by atoms with Crippen LogP contribution in [-0.4, -0.2) is 42.7 Å². The van der Waals surface area contributed by atoms with Crippen molar-refractivity contribution in [2.45, 2.75) is 4.90 Å². The molecule has 132 valence electrons. The lowest BCUT2D eigenvalue weighted by molar-refractivity contribution is -0.377. The van der Waals surface area contributed by atoms with Gasteiger partial charge in [-0.05, 0) is 22.9 Å². The fourth-order valence-electron chi connectivity index (χ4n) is 3.30. The van der Waals surface area contributed by atoms with Crippen LogP contribution in [0.5, 0.6) is 0 Å². The van der Waals surface area contributed by atoms with Crippen LogP contribution in [0.4, 0.5) is 5.69 Å². The van der Waals surface area contributed by atoms with E-state index in [0.29, 0.717) is 5.75 Å². The maximum atomic E-state index is 12.6. The lowest BCUT2D eigenvalue weighted by Crippen LogP contribution is -2.49. The Hall–Kier alpha value is -2.53. The van der Waals surface area contributed by atoms with Crippen molar-refractivity contribution >= 4 is 34.1 Å². The molecule has 4 rings (SSSR count). The number of H-pyrrole nitrogens is 1. The summed E-state index contributed by atoms with van der Waals surface area (Å²) in [7, 11) is 0. The molecule has 26 heavy (non-hydrogen) atoms. The van der Waals surface area contributed by atoms with E-state index >= 15 is 0 Å². The van der Waals surface area contributed by atoms with E-state index < -0.39 is 0 Å². The Morgan fingerprint density at radius 2 is 1.65 bits per heavy atom. The Bertz CT molecular complexity index is 892. The molecule has 1 amide bonds. The second-order valence-corrected chi connectivity index (χ2v) is 7.47. The topological polar surface area (TPSA) is 37.7 Å². The summed E-state index contributed by atoms with van der Waals surface area (Å²) in [5.41, 5.74) is 1.21. The van der Waals surface area contributed by atoms with Crippen molar-refractivity contribution in [2.24, 2.45) is 0 Å². The third-order valence-corrected chi connectivity index (χ3v) is 5.76. The first-order valence-electron chi connectivity index (χ1n) is 8.90. The van der Waals surface area contributed by atoms with Gasteiger partial charge in [-0.2, -0.15) is 0 Å². The third-order valence-electron chi connectivity index (χ3n) is 4.78. The summed E-state index contributed by atoms with van der Waals surface area (Å²) in [4.78, 5) is 21.1. The van der Waals surface area contributed by atoms with Gasteiger partial charge < -0.3 is 9.80 Å². The van der Waals surface area contributed by atoms with Crippen molar-refractivity contribution in [3.63, 3.8) is 0 Å². The molecule has 1 aliphatic heterocycles. The van der Waals surface area contributed by atoms with E-state index in [2.05, 4.69) is 52.3 Å². The van der Waals surface area contributed by atoms with Crippen LogP contribution in [0.3, 0.4) is 0 Å². The minimum absolute atomic E-state index is 0.226. The van der Waals surface area contributed by atoms with Gasteiger partial charge in [-0.25, -0.2) is 4.98 Å². The fourth-order valence-corrected chi connectivity index (χ4v) is 4.14. The van der Waals surface area contributed by atoms with Gasteiger partial charge >= 0.3 is 0 Å². The van der Waals surface area contributed by atoms with Crippen LogP contribution in [0, 0.1) is 0 Å². The molecule has 1 N–H and O–H groups in total. The normalized spacial score (nSPS) is 14.6. The molecular formula is C21H22N3OS+. The molecule has 0 spiro atoms. The van der Waals surface area contributed by atoms with E-state index in [1.54, 1.807) is 11.8 Å². The Morgan fingerprint density at radius 1 is 0.923 bits per heavy atom. The Kier molecular flexibility index (Phi) is 5.07. The first-order valence-corrected chi connectivity index (χ1v) is 9.88. The summed E-state index contributed by atoms with van der Waals surface area (Å²) in [6, 6.07) is 18.9. The molecular weight excluding hydrogens is 342 g/mol. The number of anilines is 1. The number of aromatic nitrogens is 1. The average Bonchev–Trinajstić information content (AvgIpc) is 2.72. The van der Waals surface area contributed by atoms with Gasteiger partial charge in [0.25, 0.3) is 0 Å². The summed E-state index contributed by atoms with van der Waals surface area (Å²) in [5.74, 6) is 0.725. The smallest absolute Gasteiger partial charge is 0.233 e. The van der Waals surface area contributed by atoms with Crippen molar-refractivity contribution in [3.8, 4) is 0 Å². The molecule has 0 saturated carbocycles.